The number of aromatic nitrogens is 1. The summed E-state index contributed by atoms with van der Waals surface area (Å²) in [7, 11) is 1.55. The van der Waals surface area contributed by atoms with E-state index in [1.54, 1.807) is 26.2 Å². The van der Waals surface area contributed by atoms with Crippen molar-refractivity contribution in [3.05, 3.63) is 54.1 Å². The number of hydrazine groups is 1. The number of anilines is 1. The molecule has 3 aromatic rings. The van der Waals surface area contributed by atoms with Crippen LogP contribution in [0.4, 0.5) is 5.13 Å². The molecule has 0 fully saturated rings. The highest BCUT2D eigenvalue weighted by atomic mass is 32.1. The highest BCUT2D eigenvalue weighted by Gasteiger charge is 2.16. The van der Waals surface area contributed by atoms with Gasteiger partial charge in [-0.3, -0.25) is 20.4 Å². The van der Waals surface area contributed by atoms with Gasteiger partial charge in [0.2, 0.25) is 5.91 Å². The van der Waals surface area contributed by atoms with E-state index < -0.39 is 6.04 Å². The van der Waals surface area contributed by atoms with E-state index in [4.69, 9.17) is 4.74 Å². The number of hydrogen-bond donors (Lipinski definition) is 3. The lowest BCUT2D eigenvalue weighted by Crippen LogP contribution is -2.48. The van der Waals surface area contributed by atoms with Crippen LogP contribution < -0.4 is 20.9 Å². The summed E-state index contributed by atoms with van der Waals surface area (Å²) < 4.78 is 6.26. The number of hydrogen-bond acceptors (Lipinski definition) is 6. The van der Waals surface area contributed by atoms with Crippen LogP contribution in [0.15, 0.2) is 48.5 Å². The molecule has 0 saturated carbocycles. The second kappa shape index (κ2) is 8.50. The van der Waals surface area contributed by atoms with Gasteiger partial charge in [0, 0.05) is 5.56 Å². The van der Waals surface area contributed by atoms with E-state index in [2.05, 4.69) is 21.2 Å². The maximum atomic E-state index is 12.2. The molecule has 0 saturated heterocycles. The van der Waals surface area contributed by atoms with Crippen LogP contribution in [0, 0.1) is 0 Å². The number of rotatable bonds is 6. The Morgan fingerprint density at radius 3 is 2.63 bits per heavy atom. The average Bonchev–Trinajstić information content (AvgIpc) is 3.08. The normalized spacial score (nSPS) is 11.6. The first-order valence-electron chi connectivity index (χ1n) is 8.39. The Bertz CT molecular complexity index is 924. The number of carbonyl (C=O) groups is 2. The van der Waals surface area contributed by atoms with Crippen molar-refractivity contribution >= 4 is 38.5 Å². The predicted molar refractivity (Wildman–Crippen MR) is 106 cm³/mol. The predicted octanol–water partition coefficient (Wildman–Crippen LogP) is 2.50. The maximum absolute atomic E-state index is 12.2. The molecule has 3 N–H and O–H groups in total. The number of amides is 2. The summed E-state index contributed by atoms with van der Waals surface area (Å²) in [4.78, 5) is 28.7. The van der Waals surface area contributed by atoms with Crippen LogP contribution in [-0.2, 0) is 16.0 Å². The van der Waals surface area contributed by atoms with Crippen molar-refractivity contribution in [3.8, 4) is 5.75 Å². The third-order valence-electron chi connectivity index (χ3n) is 3.90. The number of nitrogens with zero attached hydrogens (tertiary/aromatic N) is 1. The van der Waals surface area contributed by atoms with Gasteiger partial charge in [0.05, 0.1) is 23.7 Å². The molecule has 7 nitrogen and oxygen atoms in total. The molecule has 0 aliphatic rings. The molecule has 1 unspecified atom stereocenters. The quantitative estimate of drug-likeness (QED) is 0.568. The molecule has 0 radical (unpaired) electrons. The average molecular weight is 384 g/mol. The van der Waals surface area contributed by atoms with Gasteiger partial charge in [0.1, 0.15) is 11.8 Å². The van der Waals surface area contributed by atoms with Crippen LogP contribution >= 0.6 is 11.3 Å². The van der Waals surface area contributed by atoms with Crippen LogP contribution in [0.2, 0.25) is 0 Å². The number of para-hydroxylation sites is 2. The van der Waals surface area contributed by atoms with Crippen molar-refractivity contribution in [1.29, 1.82) is 0 Å². The lowest BCUT2D eigenvalue weighted by Gasteiger charge is -2.14. The van der Waals surface area contributed by atoms with Gasteiger partial charge in [-0.1, -0.05) is 41.7 Å². The highest BCUT2D eigenvalue weighted by Crippen LogP contribution is 2.25. The molecule has 1 heterocycles. The van der Waals surface area contributed by atoms with E-state index in [0.717, 1.165) is 15.8 Å². The SMILES string of the molecule is COc1ccccc1CC(=O)NNC(=O)C(C)Nc1nc2ccccc2s1. The summed E-state index contributed by atoms with van der Waals surface area (Å²) in [6, 6.07) is 14.4. The van der Waals surface area contributed by atoms with Crippen LogP contribution in [0.1, 0.15) is 12.5 Å². The molecule has 3 rings (SSSR count). The fourth-order valence-electron chi connectivity index (χ4n) is 2.49. The van der Waals surface area contributed by atoms with Crippen molar-refractivity contribution in [1.82, 2.24) is 15.8 Å². The number of nitrogens with one attached hydrogen (secondary N) is 3. The van der Waals surface area contributed by atoms with Gasteiger partial charge in [-0.05, 0) is 25.1 Å². The Hall–Kier alpha value is -3.13. The Balaban J connectivity index is 1.51. The van der Waals surface area contributed by atoms with Gasteiger partial charge in [-0.2, -0.15) is 0 Å². The first-order valence-corrected chi connectivity index (χ1v) is 9.21. The number of carbonyl (C=O) groups excluding carboxylic acids is 2. The maximum Gasteiger partial charge on any atom is 0.260 e. The van der Waals surface area contributed by atoms with E-state index in [1.807, 2.05) is 36.4 Å². The van der Waals surface area contributed by atoms with Crippen LogP contribution in [0.25, 0.3) is 10.2 Å². The summed E-state index contributed by atoms with van der Waals surface area (Å²) in [6.45, 7) is 1.70. The van der Waals surface area contributed by atoms with Gasteiger partial charge in [0.15, 0.2) is 5.13 Å². The molecule has 2 amide bonds. The van der Waals surface area contributed by atoms with Gasteiger partial charge in [0.25, 0.3) is 5.91 Å². The van der Waals surface area contributed by atoms with Crippen molar-refractivity contribution in [2.24, 2.45) is 0 Å². The zero-order valence-electron chi connectivity index (χ0n) is 15.0. The number of thiazole rings is 1. The van der Waals surface area contributed by atoms with Gasteiger partial charge < -0.3 is 10.1 Å². The Labute approximate surface area is 160 Å². The fourth-order valence-corrected chi connectivity index (χ4v) is 3.44. The van der Waals surface area contributed by atoms with Crippen molar-refractivity contribution in [2.75, 3.05) is 12.4 Å². The molecule has 0 aliphatic carbocycles. The Kier molecular flexibility index (Phi) is 5.87. The number of benzene rings is 2. The third kappa shape index (κ3) is 4.73. The number of methoxy groups -OCH3 is 1. The fraction of sp³-hybridized carbons (Fsp3) is 0.211. The molecule has 0 aliphatic heterocycles. The van der Waals surface area contributed by atoms with E-state index >= 15 is 0 Å². The summed E-state index contributed by atoms with van der Waals surface area (Å²) in [6.07, 6.45) is 0.101. The molecule has 1 aromatic heterocycles. The number of fused-ring (bicyclic) bond motifs is 1. The van der Waals surface area contributed by atoms with Crippen molar-refractivity contribution in [3.63, 3.8) is 0 Å². The zero-order chi connectivity index (χ0) is 19.2. The van der Waals surface area contributed by atoms with Crippen molar-refractivity contribution < 1.29 is 14.3 Å². The second-order valence-electron chi connectivity index (χ2n) is 5.88. The van der Waals surface area contributed by atoms with E-state index in [0.29, 0.717) is 10.9 Å². The molecule has 8 heteroatoms. The van der Waals surface area contributed by atoms with E-state index in [-0.39, 0.29) is 18.2 Å². The number of ether oxygens (including phenoxy) is 1. The summed E-state index contributed by atoms with van der Waals surface area (Å²) >= 11 is 1.47. The highest BCUT2D eigenvalue weighted by molar-refractivity contribution is 7.22. The molecular weight excluding hydrogens is 364 g/mol. The van der Waals surface area contributed by atoms with E-state index in [9.17, 15) is 9.59 Å². The third-order valence-corrected chi connectivity index (χ3v) is 4.86. The molecule has 27 heavy (non-hydrogen) atoms. The lowest BCUT2D eigenvalue weighted by atomic mass is 10.1. The molecule has 1 atom stereocenters. The molecule has 0 bridgehead atoms. The monoisotopic (exact) mass is 384 g/mol. The minimum absolute atomic E-state index is 0.101. The first kappa shape index (κ1) is 18.7. The first-order chi connectivity index (χ1) is 13.1. The second-order valence-corrected chi connectivity index (χ2v) is 6.91. The summed E-state index contributed by atoms with van der Waals surface area (Å²) in [5.74, 6) is -0.0625. The van der Waals surface area contributed by atoms with E-state index in [1.165, 1.54) is 11.3 Å². The molecular formula is C19H20N4O3S. The van der Waals surface area contributed by atoms with Crippen LogP contribution in [-0.4, -0.2) is 29.9 Å². The molecule has 2 aromatic carbocycles. The van der Waals surface area contributed by atoms with Crippen LogP contribution in [0.5, 0.6) is 5.75 Å². The molecule has 0 spiro atoms. The topological polar surface area (TPSA) is 92.4 Å². The van der Waals surface area contributed by atoms with Crippen molar-refractivity contribution in [2.45, 2.75) is 19.4 Å². The standard InChI is InChI=1S/C19H20N4O3S/c1-12(20-19-21-14-8-4-6-10-16(14)27-19)18(25)23-22-17(24)11-13-7-3-5-9-15(13)26-2/h3-10,12H,11H2,1-2H3,(H,20,21)(H,22,24)(H,23,25). The largest absolute Gasteiger partial charge is 0.496 e. The Morgan fingerprint density at radius 2 is 1.85 bits per heavy atom. The lowest BCUT2D eigenvalue weighted by molar-refractivity contribution is -0.128. The minimum Gasteiger partial charge on any atom is -0.496 e. The van der Waals surface area contributed by atoms with Gasteiger partial charge >= 0.3 is 0 Å². The zero-order valence-corrected chi connectivity index (χ0v) is 15.8. The summed E-state index contributed by atoms with van der Waals surface area (Å²) in [5.41, 5.74) is 6.47. The smallest absolute Gasteiger partial charge is 0.260 e. The van der Waals surface area contributed by atoms with Crippen LogP contribution in [0.3, 0.4) is 0 Å². The summed E-state index contributed by atoms with van der Waals surface area (Å²) in [5, 5.41) is 3.70. The Morgan fingerprint density at radius 1 is 1.11 bits per heavy atom. The molecule has 140 valence electrons. The minimum atomic E-state index is -0.558. The van der Waals surface area contributed by atoms with Gasteiger partial charge in [-0.25, -0.2) is 4.98 Å². The van der Waals surface area contributed by atoms with Gasteiger partial charge in [-0.15, -0.1) is 0 Å².